The molecule has 0 unspecified atom stereocenters. The summed E-state index contributed by atoms with van der Waals surface area (Å²) in [6, 6.07) is 7.10. The van der Waals surface area contributed by atoms with Crippen LogP contribution >= 0.6 is 0 Å². The van der Waals surface area contributed by atoms with Crippen LogP contribution in [-0.4, -0.2) is 64.9 Å². The molecular weight excluding hydrogens is 366 g/mol. The lowest BCUT2D eigenvalue weighted by Gasteiger charge is -2.34. The highest BCUT2D eigenvalue weighted by molar-refractivity contribution is 7.89. The van der Waals surface area contributed by atoms with Gasteiger partial charge in [-0.3, -0.25) is 9.89 Å². The van der Waals surface area contributed by atoms with Crippen molar-refractivity contribution in [2.75, 3.05) is 26.2 Å². The average Bonchev–Trinajstić information content (AvgIpc) is 3.20. The number of nitrogens with zero attached hydrogens (tertiary/aromatic N) is 4. The number of aryl methyl sites for hydroxylation is 2. The molecule has 0 spiro atoms. The summed E-state index contributed by atoms with van der Waals surface area (Å²) < 4.78 is 27.1. The van der Waals surface area contributed by atoms with Crippen LogP contribution < -0.4 is 0 Å². The van der Waals surface area contributed by atoms with E-state index in [1.54, 1.807) is 17.0 Å². The Morgan fingerprint density at radius 3 is 2.41 bits per heavy atom. The fraction of sp³-hybridized carbons (Fsp3) is 0.500. The van der Waals surface area contributed by atoms with E-state index in [1.807, 2.05) is 12.1 Å². The Morgan fingerprint density at radius 2 is 1.81 bits per heavy atom. The van der Waals surface area contributed by atoms with Gasteiger partial charge in [-0.1, -0.05) is 25.5 Å². The Bertz CT molecular complexity index is 842. The van der Waals surface area contributed by atoms with Gasteiger partial charge in [0.25, 0.3) is 0 Å². The Kier molecular flexibility index (Phi) is 6.22. The monoisotopic (exact) mass is 391 g/mol. The van der Waals surface area contributed by atoms with Crippen LogP contribution in [0.5, 0.6) is 0 Å². The van der Waals surface area contributed by atoms with Gasteiger partial charge in [0.15, 0.2) is 0 Å². The van der Waals surface area contributed by atoms with E-state index in [4.69, 9.17) is 0 Å². The number of carbonyl (C=O) groups is 1. The molecule has 0 bridgehead atoms. The van der Waals surface area contributed by atoms with E-state index in [0.717, 1.165) is 18.4 Å². The molecular formula is C18H25N5O3S. The van der Waals surface area contributed by atoms with Gasteiger partial charge in [-0.05, 0) is 24.1 Å². The molecule has 1 saturated heterocycles. The highest BCUT2D eigenvalue weighted by Crippen LogP contribution is 2.19. The van der Waals surface area contributed by atoms with Gasteiger partial charge < -0.3 is 4.90 Å². The number of amides is 1. The van der Waals surface area contributed by atoms with Gasteiger partial charge in [0.05, 0.1) is 4.90 Å². The Hall–Kier alpha value is -2.26. The lowest BCUT2D eigenvalue weighted by atomic mass is 10.1. The van der Waals surface area contributed by atoms with E-state index >= 15 is 0 Å². The maximum Gasteiger partial charge on any atom is 0.243 e. The normalized spacial score (nSPS) is 15.8. The van der Waals surface area contributed by atoms with Crippen molar-refractivity contribution in [2.45, 2.75) is 37.5 Å². The highest BCUT2D eigenvalue weighted by atomic mass is 32.2. The molecule has 1 aromatic heterocycles. The van der Waals surface area contributed by atoms with Crippen molar-refractivity contribution in [1.82, 2.24) is 24.4 Å². The molecule has 1 aliphatic rings. The van der Waals surface area contributed by atoms with E-state index in [9.17, 15) is 13.2 Å². The van der Waals surface area contributed by atoms with E-state index in [2.05, 4.69) is 22.1 Å². The van der Waals surface area contributed by atoms with Crippen molar-refractivity contribution in [3.63, 3.8) is 0 Å². The number of hydrogen-bond donors (Lipinski definition) is 1. The Balaban J connectivity index is 1.55. The largest absolute Gasteiger partial charge is 0.340 e. The molecule has 1 amide bonds. The van der Waals surface area contributed by atoms with Crippen molar-refractivity contribution in [2.24, 2.45) is 0 Å². The minimum absolute atomic E-state index is 0.00682. The molecule has 2 heterocycles. The van der Waals surface area contributed by atoms with Crippen LogP contribution in [-0.2, 0) is 27.7 Å². The SMILES string of the molecule is CCCc1ccc(S(=O)(=O)N2CCN(C(=O)CCc3ncn[nH]3)CC2)cc1. The summed E-state index contributed by atoms with van der Waals surface area (Å²) in [7, 11) is -3.52. The molecule has 9 heteroatoms. The quantitative estimate of drug-likeness (QED) is 0.765. The topological polar surface area (TPSA) is 99.3 Å². The van der Waals surface area contributed by atoms with Crippen molar-refractivity contribution >= 4 is 15.9 Å². The number of piperazine rings is 1. The van der Waals surface area contributed by atoms with Gasteiger partial charge in [0.1, 0.15) is 12.2 Å². The fourth-order valence-corrected chi connectivity index (χ4v) is 4.60. The second-order valence-corrected chi connectivity index (χ2v) is 8.55. The van der Waals surface area contributed by atoms with Crippen LogP contribution in [0.4, 0.5) is 0 Å². The molecule has 0 saturated carbocycles. The molecule has 3 rings (SSSR count). The van der Waals surface area contributed by atoms with Gasteiger partial charge in [-0.15, -0.1) is 0 Å². The lowest BCUT2D eigenvalue weighted by molar-refractivity contribution is -0.132. The standard InChI is InChI=1S/C18H25N5O3S/c1-2-3-15-4-6-16(7-5-15)27(25,26)23-12-10-22(11-13-23)18(24)9-8-17-19-14-20-21-17/h4-7,14H,2-3,8-13H2,1H3,(H,19,20,21). The first-order chi connectivity index (χ1) is 13.0. The van der Waals surface area contributed by atoms with Crippen LogP contribution in [0.3, 0.4) is 0 Å². The first kappa shape index (κ1) is 19.5. The molecule has 1 aliphatic heterocycles. The molecule has 146 valence electrons. The summed E-state index contributed by atoms with van der Waals surface area (Å²) in [5.41, 5.74) is 1.14. The third-order valence-electron chi connectivity index (χ3n) is 4.73. The van der Waals surface area contributed by atoms with E-state index < -0.39 is 10.0 Å². The van der Waals surface area contributed by atoms with E-state index in [0.29, 0.717) is 49.7 Å². The van der Waals surface area contributed by atoms with Crippen LogP contribution in [0, 0.1) is 0 Å². The molecule has 27 heavy (non-hydrogen) atoms. The predicted octanol–water partition coefficient (Wildman–Crippen LogP) is 1.22. The molecule has 1 fully saturated rings. The zero-order valence-corrected chi connectivity index (χ0v) is 16.3. The molecule has 0 atom stereocenters. The van der Waals surface area contributed by atoms with Gasteiger partial charge in [0.2, 0.25) is 15.9 Å². The summed E-state index contributed by atoms with van der Waals surface area (Å²) >= 11 is 0. The molecule has 2 aromatic rings. The number of carbonyl (C=O) groups excluding carboxylic acids is 1. The number of aromatic amines is 1. The average molecular weight is 391 g/mol. The second-order valence-electron chi connectivity index (χ2n) is 6.61. The van der Waals surface area contributed by atoms with E-state index in [1.165, 1.54) is 10.6 Å². The maximum atomic E-state index is 12.8. The second kappa shape index (κ2) is 8.62. The third-order valence-corrected chi connectivity index (χ3v) is 6.64. The van der Waals surface area contributed by atoms with Crippen LogP contribution in [0.2, 0.25) is 0 Å². The van der Waals surface area contributed by atoms with Crippen LogP contribution in [0.1, 0.15) is 31.2 Å². The van der Waals surface area contributed by atoms with Crippen molar-refractivity contribution < 1.29 is 13.2 Å². The predicted molar refractivity (Wildman–Crippen MR) is 100 cm³/mol. The number of nitrogens with one attached hydrogen (secondary N) is 1. The molecule has 0 aliphatic carbocycles. The van der Waals surface area contributed by atoms with Crippen LogP contribution in [0.15, 0.2) is 35.5 Å². The summed E-state index contributed by atoms with van der Waals surface area (Å²) in [5.74, 6) is 0.684. The van der Waals surface area contributed by atoms with Gasteiger partial charge in [-0.25, -0.2) is 13.4 Å². The Morgan fingerprint density at radius 1 is 1.11 bits per heavy atom. The van der Waals surface area contributed by atoms with Crippen molar-refractivity contribution in [1.29, 1.82) is 0 Å². The summed E-state index contributed by atoms with van der Waals surface area (Å²) in [6.07, 6.45) is 4.22. The number of rotatable bonds is 7. The molecule has 1 aromatic carbocycles. The summed E-state index contributed by atoms with van der Waals surface area (Å²) in [4.78, 5) is 18.3. The fourth-order valence-electron chi connectivity index (χ4n) is 3.18. The minimum Gasteiger partial charge on any atom is -0.340 e. The van der Waals surface area contributed by atoms with Gasteiger partial charge in [-0.2, -0.15) is 9.40 Å². The highest BCUT2D eigenvalue weighted by Gasteiger charge is 2.29. The van der Waals surface area contributed by atoms with Crippen molar-refractivity contribution in [3.8, 4) is 0 Å². The zero-order valence-electron chi connectivity index (χ0n) is 15.5. The molecule has 0 radical (unpaired) electrons. The Labute approximate surface area is 159 Å². The number of benzene rings is 1. The minimum atomic E-state index is -3.52. The summed E-state index contributed by atoms with van der Waals surface area (Å²) in [5, 5.41) is 6.49. The number of aromatic nitrogens is 3. The molecule has 8 nitrogen and oxygen atoms in total. The lowest BCUT2D eigenvalue weighted by Crippen LogP contribution is -2.50. The smallest absolute Gasteiger partial charge is 0.243 e. The van der Waals surface area contributed by atoms with Gasteiger partial charge in [0, 0.05) is 39.0 Å². The first-order valence-electron chi connectivity index (χ1n) is 9.22. The third kappa shape index (κ3) is 4.72. The number of sulfonamides is 1. The number of H-pyrrole nitrogens is 1. The maximum absolute atomic E-state index is 12.8. The van der Waals surface area contributed by atoms with Gasteiger partial charge >= 0.3 is 0 Å². The van der Waals surface area contributed by atoms with E-state index in [-0.39, 0.29) is 5.91 Å². The first-order valence-corrected chi connectivity index (χ1v) is 10.7. The zero-order chi connectivity index (χ0) is 19.3. The molecule has 1 N–H and O–H groups in total. The van der Waals surface area contributed by atoms with Crippen LogP contribution in [0.25, 0.3) is 0 Å². The van der Waals surface area contributed by atoms with Crippen molar-refractivity contribution in [3.05, 3.63) is 42.0 Å². The number of hydrogen-bond acceptors (Lipinski definition) is 5. The summed E-state index contributed by atoms with van der Waals surface area (Å²) in [6.45, 7) is 3.53.